The Morgan fingerprint density at radius 3 is 2.71 bits per heavy atom. The molecule has 6 N–H and O–H groups in total. The molecule has 0 atom stereocenters. The molecule has 2 fully saturated rings. The van der Waals surface area contributed by atoms with Crippen LogP contribution in [0.3, 0.4) is 0 Å². The third kappa shape index (κ3) is 7.78. The fraction of sp³-hybridized carbons (Fsp3) is 0.560. The largest absolute Gasteiger partial charge is 0.450 e. The second-order valence-electron chi connectivity index (χ2n) is 9.36. The molecular formula is C25H37N7O3. The summed E-state index contributed by atoms with van der Waals surface area (Å²) in [5, 5.41) is 9.44. The number of piperazine rings is 1. The van der Waals surface area contributed by atoms with Crippen LogP contribution in [0.1, 0.15) is 44.1 Å². The van der Waals surface area contributed by atoms with E-state index in [9.17, 15) is 9.59 Å². The highest BCUT2D eigenvalue weighted by molar-refractivity contribution is 5.80. The molecule has 2 aromatic rings. The molecule has 0 radical (unpaired) electrons. The Hall–Kier alpha value is -2.95. The highest BCUT2D eigenvalue weighted by Gasteiger charge is 2.18. The standard InChI is InChI=1S/C19H24N6O3.C6H13N/c26-17(21-4-1-7-25-8-5-20-6-9-25)11-13-2-3-15-14(10-13)23-18-16(28-15)12-22-19(27)24-18;7-6-4-2-1-3-5-6/h2-3,10,12,20H,1,4-9,11H2,(H,21,26)(H2,22,23,24,27);6H,1-5,7H2. The summed E-state index contributed by atoms with van der Waals surface area (Å²) in [5.41, 5.74) is 6.76. The van der Waals surface area contributed by atoms with Gasteiger partial charge in [0.1, 0.15) is 0 Å². The van der Waals surface area contributed by atoms with Crippen LogP contribution in [0.5, 0.6) is 11.5 Å². The Kier molecular flexibility index (Phi) is 9.10. The van der Waals surface area contributed by atoms with Crippen molar-refractivity contribution in [2.45, 2.75) is 51.0 Å². The molecule has 10 nitrogen and oxygen atoms in total. The van der Waals surface area contributed by atoms with E-state index in [4.69, 9.17) is 10.5 Å². The normalized spacial score (nSPS) is 17.6. The number of rotatable bonds is 6. The zero-order valence-electron chi connectivity index (χ0n) is 20.3. The van der Waals surface area contributed by atoms with Gasteiger partial charge in [-0.2, -0.15) is 4.98 Å². The maximum Gasteiger partial charge on any atom is 0.346 e. The maximum absolute atomic E-state index is 12.2. The molecule has 35 heavy (non-hydrogen) atoms. The molecule has 1 saturated heterocycles. The molecular weight excluding hydrogens is 446 g/mol. The van der Waals surface area contributed by atoms with Gasteiger partial charge < -0.3 is 31.3 Å². The van der Waals surface area contributed by atoms with Crippen LogP contribution in [-0.2, 0) is 11.2 Å². The molecule has 1 aromatic heterocycles. The number of nitrogens with zero attached hydrogens (tertiary/aromatic N) is 2. The molecule has 1 aliphatic carbocycles. The number of ether oxygens (including phenoxy) is 1. The molecule has 2 aliphatic heterocycles. The lowest BCUT2D eigenvalue weighted by molar-refractivity contribution is -0.120. The van der Waals surface area contributed by atoms with Gasteiger partial charge in [0.05, 0.1) is 18.3 Å². The average Bonchev–Trinajstić information content (AvgIpc) is 2.87. The molecule has 10 heteroatoms. The minimum absolute atomic E-state index is 0.00463. The fourth-order valence-electron chi connectivity index (χ4n) is 4.53. The van der Waals surface area contributed by atoms with Crippen molar-refractivity contribution in [1.82, 2.24) is 25.5 Å². The number of benzene rings is 1. The second-order valence-corrected chi connectivity index (χ2v) is 9.36. The molecule has 3 heterocycles. The zero-order chi connectivity index (χ0) is 24.5. The highest BCUT2D eigenvalue weighted by Crippen LogP contribution is 2.40. The van der Waals surface area contributed by atoms with Crippen molar-refractivity contribution in [1.29, 1.82) is 0 Å². The van der Waals surface area contributed by atoms with E-state index in [-0.39, 0.29) is 5.91 Å². The summed E-state index contributed by atoms with van der Waals surface area (Å²) in [4.78, 5) is 32.3. The second kappa shape index (κ2) is 12.7. The van der Waals surface area contributed by atoms with E-state index in [0.29, 0.717) is 42.0 Å². The van der Waals surface area contributed by atoms with Crippen LogP contribution in [0.2, 0.25) is 0 Å². The predicted octanol–water partition coefficient (Wildman–Crippen LogP) is 1.85. The van der Waals surface area contributed by atoms with Crippen molar-refractivity contribution in [3.8, 4) is 11.5 Å². The van der Waals surface area contributed by atoms with Gasteiger partial charge in [0.25, 0.3) is 0 Å². The summed E-state index contributed by atoms with van der Waals surface area (Å²) in [6, 6.07) is 6.07. The number of aromatic nitrogens is 2. The Labute approximate surface area is 206 Å². The van der Waals surface area contributed by atoms with Crippen LogP contribution in [0, 0.1) is 0 Å². The van der Waals surface area contributed by atoms with Crippen molar-refractivity contribution in [2.75, 3.05) is 44.6 Å². The first-order chi connectivity index (χ1) is 17.1. The summed E-state index contributed by atoms with van der Waals surface area (Å²) < 4.78 is 5.72. The first-order valence-corrected chi connectivity index (χ1v) is 12.7. The summed E-state index contributed by atoms with van der Waals surface area (Å²) in [6.45, 7) is 5.91. The first kappa shape index (κ1) is 25.2. The number of hydrogen-bond donors (Lipinski definition) is 5. The van der Waals surface area contributed by atoms with Crippen LogP contribution in [0.25, 0.3) is 0 Å². The fourth-order valence-corrected chi connectivity index (χ4v) is 4.53. The molecule has 1 saturated carbocycles. The number of nitrogens with two attached hydrogens (primary N) is 1. The van der Waals surface area contributed by atoms with Gasteiger partial charge in [-0.15, -0.1) is 0 Å². The quantitative estimate of drug-likeness (QED) is 0.335. The van der Waals surface area contributed by atoms with Crippen LogP contribution in [0.15, 0.2) is 29.2 Å². The van der Waals surface area contributed by atoms with E-state index >= 15 is 0 Å². The first-order valence-electron chi connectivity index (χ1n) is 12.7. The number of carbonyl (C=O) groups is 1. The number of aromatic amines is 1. The van der Waals surface area contributed by atoms with E-state index in [2.05, 4.69) is 30.8 Å². The number of nitrogens with one attached hydrogen (secondary N) is 4. The van der Waals surface area contributed by atoms with E-state index in [1.807, 2.05) is 18.2 Å². The van der Waals surface area contributed by atoms with Gasteiger partial charge in [-0.1, -0.05) is 25.3 Å². The third-order valence-corrected chi connectivity index (χ3v) is 6.50. The summed E-state index contributed by atoms with van der Waals surface area (Å²) in [7, 11) is 0. The van der Waals surface area contributed by atoms with Crippen molar-refractivity contribution in [3.63, 3.8) is 0 Å². The van der Waals surface area contributed by atoms with Gasteiger partial charge in [-0.3, -0.25) is 9.78 Å². The Bertz CT molecular complexity index is 1030. The van der Waals surface area contributed by atoms with Gasteiger partial charge in [0.15, 0.2) is 17.3 Å². The van der Waals surface area contributed by atoms with Crippen LogP contribution < -0.4 is 32.1 Å². The summed E-state index contributed by atoms with van der Waals surface area (Å²) >= 11 is 0. The Balaban J connectivity index is 0.000000356. The molecule has 0 unspecified atom stereocenters. The van der Waals surface area contributed by atoms with Gasteiger partial charge in [-0.05, 0) is 43.5 Å². The molecule has 1 aromatic carbocycles. The molecule has 0 bridgehead atoms. The third-order valence-electron chi connectivity index (χ3n) is 6.50. The smallest absolute Gasteiger partial charge is 0.346 e. The molecule has 190 valence electrons. The number of amides is 1. The minimum atomic E-state index is -0.449. The monoisotopic (exact) mass is 483 g/mol. The van der Waals surface area contributed by atoms with E-state index in [0.717, 1.165) is 44.7 Å². The molecule has 3 aliphatic rings. The van der Waals surface area contributed by atoms with E-state index in [1.165, 1.54) is 38.3 Å². The number of hydrogen-bond acceptors (Lipinski definition) is 8. The number of fused-ring (bicyclic) bond motifs is 2. The molecule has 0 spiro atoms. The van der Waals surface area contributed by atoms with Crippen molar-refractivity contribution < 1.29 is 9.53 Å². The maximum atomic E-state index is 12.2. The van der Waals surface area contributed by atoms with E-state index in [1.54, 1.807) is 0 Å². The SMILES string of the molecule is NC1CCCCC1.O=C(Cc1ccc2c(c1)Nc1[nH]c(=O)ncc1O2)NCCCN1CCNCC1. The van der Waals surface area contributed by atoms with Gasteiger partial charge in [0.2, 0.25) is 5.91 Å². The lowest BCUT2D eigenvalue weighted by Gasteiger charge is -2.27. The minimum Gasteiger partial charge on any atom is -0.450 e. The van der Waals surface area contributed by atoms with Gasteiger partial charge in [-0.25, -0.2) is 4.79 Å². The summed E-state index contributed by atoms with van der Waals surface area (Å²) in [5.74, 6) is 1.54. The van der Waals surface area contributed by atoms with Crippen molar-refractivity contribution >= 4 is 17.4 Å². The Morgan fingerprint density at radius 2 is 1.97 bits per heavy atom. The predicted molar refractivity (Wildman–Crippen MR) is 136 cm³/mol. The van der Waals surface area contributed by atoms with Crippen molar-refractivity contribution in [2.24, 2.45) is 5.73 Å². The van der Waals surface area contributed by atoms with Crippen LogP contribution >= 0.6 is 0 Å². The lowest BCUT2D eigenvalue weighted by Crippen LogP contribution is -2.44. The highest BCUT2D eigenvalue weighted by atomic mass is 16.5. The molecule has 5 rings (SSSR count). The number of anilines is 2. The van der Waals surface area contributed by atoms with Crippen LogP contribution in [0.4, 0.5) is 11.5 Å². The zero-order valence-corrected chi connectivity index (χ0v) is 20.3. The average molecular weight is 484 g/mol. The van der Waals surface area contributed by atoms with Crippen molar-refractivity contribution in [3.05, 3.63) is 40.4 Å². The van der Waals surface area contributed by atoms with E-state index < -0.39 is 5.69 Å². The Morgan fingerprint density at radius 1 is 1.17 bits per heavy atom. The molecule has 1 amide bonds. The van der Waals surface area contributed by atoms with Gasteiger partial charge in [0, 0.05) is 38.8 Å². The topological polar surface area (TPSA) is 137 Å². The summed E-state index contributed by atoms with van der Waals surface area (Å²) in [6.07, 6.45) is 9.29. The lowest BCUT2D eigenvalue weighted by atomic mass is 9.97. The number of carbonyl (C=O) groups excluding carboxylic acids is 1. The number of H-pyrrole nitrogens is 1. The van der Waals surface area contributed by atoms with Crippen LogP contribution in [-0.4, -0.2) is 66.1 Å². The van der Waals surface area contributed by atoms with Gasteiger partial charge >= 0.3 is 5.69 Å².